The number of aryl methyl sites for hydroxylation is 1. The Kier molecular flexibility index (Phi) is 5.05. The van der Waals surface area contributed by atoms with Gasteiger partial charge in [0.2, 0.25) is 0 Å². The molecule has 1 atom stereocenters. The van der Waals surface area contributed by atoms with Gasteiger partial charge in [-0.05, 0) is 49.8 Å². The molecule has 1 aliphatic heterocycles. The van der Waals surface area contributed by atoms with Crippen molar-refractivity contribution < 1.29 is 9.90 Å². The molecular weight excluding hydrogens is 250 g/mol. The highest BCUT2D eigenvalue weighted by atomic mass is 16.3. The third-order valence-electron chi connectivity index (χ3n) is 4.22. The molecular formula is C17H25NO2. The summed E-state index contributed by atoms with van der Waals surface area (Å²) in [5, 5.41) is 9.95. The Morgan fingerprint density at radius 3 is 2.85 bits per heavy atom. The monoisotopic (exact) mass is 275 g/mol. The first kappa shape index (κ1) is 14.9. The van der Waals surface area contributed by atoms with Gasteiger partial charge in [-0.1, -0.05) is 25.8 Å². The Bertz CT molecular complexity index is 470. The van der Waals surface area contributed by atoms with E-state index in [1.165, 1.54) is 19.3 Å². The molecule has 0 radical (unpaired) electrons. The summed E-state index contributed by atoms with van der Waals surface area (Å²) in [5.41, 5.74) is 1.41. The quantitative estimate of drug-likeness (QED) is 0.912. The molecule has 0 aromatic heterocycles. The smallest absolute Gasteiger partial charge is 0.257 e. The fourth-order valence-corrected chi connectivity index (χ4v) is 3.06. The second-order valence-corrected chi connectivity index (χ2v) is 5.90. The largest absolute Gasteiger partial charge is 0.507 e. The van der Waals surface area contributed by atoms with E-state index in [4.69, 9.17) is 0 Å². The van der Waals surface area contributed by atoms with Crippen LogP contribution in [0.5, 0.6) is 5.75 Å². The van der Waals surface area contributed by atoms with Crippen molar-refractivity contribution in [1.29, 1.82) is 0 Å². The molecule has 2 rings (SSSR count). The topological polar surface area (TPSA) is 40.5 Å². The minimum absolute atomic E-state index is 0.0281. The molecule has 1 aromatic carbocycles. The van der Waals surface area contributed by atoms with Gasteiger partial charge in [0.15, 0.2) is 0 Å². The molecule has 0 saturated carbocycles. The van der Waals surface area contributed by atoms with Crippen molar-refractivity contribution in [2.75, 3.05) is 13.1 Å². The molecule has 3 nitrogen and oxygen atoms in total. The van der Waals surface area contributed by atoms with Gasteiger partial charge in [0.1, 0.15) is 5.75 Å². The fraction of sp³-hybridized carbons (Fsp3) is 0.588. The average Bonchev–Trinajstić information content (AvgIpc) is 2.64. The zero-order valence-corrected chi connectivity index (χ0v) is 12.6. The molecule has 1 fully saturated rings. The molecule has 0 aliphatic carbocycles. The molecule has 0 bridgehead atoms. The predicted octanol–water partition coefficient (Wildman–Crippen LogP) is 3.74. The maximum absolute atomic E-state index is 12.5. The second kappa shape index (κ2) is 6.78. The molecule has 1 aromatic rings. The third-order valence-corrected chi connectivity index (χ3v) is 4.22. The summed E-state index contributed by atoms with van der Waals surface area (Å²) < 4.78 is 0. The zero-order valence-electron chi connectivity index (χ0n) is 12.6. The normalized spacial score (nSPS) is 19.7. The lowest BCUT2D eigenvalue weighted by Gasteiger charge is -2.21. The van der Waals surface area contributed by atoms with E-state index < -0.39 is 0 Å². The third kappa shape index (κ3) is 3.53. The van der Waals surface area contributed by atoms with E-state index in [1.807, 2.05) is 17.9 Å². The van der Waals surface area contributed by atoms with E-state index in [2.05, 4.69) is 6.92 Å². The van der Waals surface area contributed by atoms with E-state index in [1.54, 1.807) is 12.1 Å². The van der Waals surface area contributed by atoms with Crippen molar-refractivity contribution in [3.05, 3.63) is 29.3 Å². The summed E-state index contributed by atoms with van der Waals surface area (Å²) in [6.45, 7) is 5.76. The molecule has 1 aliphatic rings. The highest BCUT2D eigenvalue weighted by molar-refractivity contribution is 5.96. The number of phenolic OH excluding ortho intramolecular Hbond substituents is 1. The van der Waals surface area contributed by atoms with Crippen LogP contribution >= 0.6 is 0 Å². The Balaban J connectivity index is 2.05. The van der Waals surface area contributed by atoms with E-state index in [0.29, 0.717) is 5.56 Å². The van der Waals surface area contributed by atoms with Gasteiger partial charge in [0.05, 0.1) is 5.56 Å². The maximum atomic E-state index is 12.5. The minimum atomic E-state index is -0.0281. The van der Waals surface area contributed by atoms with Crippen molar-refractivity contribution >= 4 is 5.91 Å². The van der Waals surface area contributed by atoms with Gasteiger partial charge in [-0.2, -0.15) is 0 Å². The molecule has 110 valence electrons. The van der Waals surface area contributed by atoms with Gasteiger partial charge in [-0.15, -0.1) is 0 Å². The predicted molar refractivity (Wildman–Crippen MR) is 81.0 cm³/mol. The number of hydrogen-bond donors (Lipinski definition) is 1. The van der Waals surface area contributed by atoms with Crippen LogP contribution in [0.15, 0.2) is 18.2 Å². The lowest BCUT2D eigenvalue weighted by molar-refractivity contribution is 0.0757. The maximum Gasteiger partial charge on any atom is 0.257 e. The van der Waals surface area contributed by atoms with Gasteiger partial charge in [0, 0.05) is 13.1 Å². The Hall–Kier alpha value is -1.51. The van der Waals surface area contributed by atoms with Crippen LogP contribution in [-0.2, 0) is 0 Å². The fourth-order valence-electron chi connectivity index (χ4n) is 3.06. The van der Waals surface area contributed by atoms with Crippen molar-refractivity contribution in [2.45, 2.75) is 46.0 Å². The summed E-state index contributed by atoms with van der Waals surface area (Å²) in [6, 6.07) is 5.27. The van der Waals surface area contributed by atoms with Crippen molar-refractivity contribution in [3.63, 3.8) is 0 Å². The van der Waals surface area contributed by atoms with E-state index in [-0.39, 0.29) is 11.7 Å². The van der Waals surface area contributed by atoms with Crippen LogP contribution in [0.25, 0.3) is 0 Å². The summed E-state index contributed by atoms with van der Waals surface area (Å²) in [4.78, 5) is 14.4. The number of benzene rings is 1. The van der Waals surface area contributed by atoms with Crippen molar-refractivity contribution in [2.24, 2.45) is 5.92 Å². The number of phenols is 1. The SMILES string of the molecule is CCCC1CCCN(C(=O)c2ccc(C)cc2O)CC1. The second-order valence-electron chi connectivity index (χ2n) is 5.90. The van der Waals surface area contributed by atoms with Gasteiger partial charge in [0.25, 0.3) is 5.91 Å². The van der Waals surface area contributed by atoms with Crippen LogP contribution in [0, 0.1) is 12.8 Å². The first-order valence-electron chi connectivity index (χ1n) is 7.70. The van der Waals surface area contributed by atoms with E-state index in [0.717, 1.165) is 37.4 Å². The minimum Gasteiger partial charge on any atom is -0.507 e. The number of amides is 1. The van der Waals surface area contributed by atoms with Crippen LogP contribution in [0.4, 0.5) is 0 Å². The molecule has 1 unspecified atom stereocenters. The van der Waals surface area contributed by atoms with Crippen LogP contribution in [0.3, 0.4) is 0 Å². The molecule has 1 N–H and O–H groups in total. The van der Waals surface area contributed by atoms with Gasteiger partial charge < -0.3 is 10.0 Å². The van der Waals surface area contributed by atoms with Crippen LogP contribution in [-0.4, -0.2) is 29.0 Å². The average molecular weight is 275 g/mol. The molecule has 20 heavy (non-hydrogen) atoms. The molecule has 1 heterocycles. The number of carbonyl (C=O) groups is 1. The highest BCUT2D eigenvalue weighted by Gasteiger charge is 2.22. The van der Waals surface area contributed by atoms with Crippen molar-refractivity contribution in [1.82, 2.24) is 4.90 Å². The van der Waals surface area contributed by atoms with Crippen LogP contribution in [0.2, 0.25) is 0 Å². The number of rotatable bonds is 3. The number of carbonyl (C=O) groups excluding carboxylic acids is 1. The van der Waals surface area contributed by atoms with Crippen LogP contribution < -0.4 is 0 Å². The number of likely N-dealkylation sites (tertiary alicyclic amines) is 1. The Morgan fingerprint density at radius 2 is 2.15 bits per heavy atom. The summed E-state index contributed by atoms with van der Waals surface area (Å²) in [5.74, 6) is 0.827. The number of aromatic hydroxyl groups is 1. The van der Waals surface area contributed by atoms with Crippen molar-refractivity contribution in [3.8, 4) is 5.75 Å². The van der Waals surface area contributed by atoms with Gasteiger partial charge in [-0.25, -0.2) is 0 Å². The van der Waals surface area contributed by atoms with Crippen LogP contribution in [0.1, 0.15) is 54.9 Å². The summed E-state index contributed by atoms with van der Waals surface area (Å²) >= 11 is 0. The Morgan fingerprint density at radius 1 is 1.35 bits per heavy atom. The van der Waals surface area contributed by atoms with E-state index >= 15 is 0 Å². The van der Waals surface area contributed by atoms with Gasteiger partial charge in [-0.3, -0.25) is 4.79 Å². The molecule has 0 spiro atoms. The number of hydrogen-bond acceptors (Lipinski definition) is 2. The highest BCUT2D eigenvalue weighted by Crippen LogP contribution is 2.25. The first-order valence-corrected chi connectivity index (χ1v) is 7.70. The van der Waals surface area contributed by atoms with Gasteiger partial charge >= 0.3 is 0 Å². The first-order chi connectivity index (χ1) is 9.61. The molecule has 3 heteroatoms. The molecule has 1 amide bonds. The molecule has 1 saturated heterocycles. The standard InChI is InChI=1S/C17H25NO2/c1-3-5-14-6-4-10-18(11-9-14)17(20)15-8-7-13(2)12-16(15)19/h7-8,12,14,19H,3-6,9-11H2,1-2H3. The summed E-state index contributed by atoms with van der Waals surface area (Å²) in [7, 11) is 0. The zero-order chi connectivity index (χ0) is 14.5. The number of nitrogens with zero attached hydrogens (tertiary/aromatic N) is 1. The summed E-state index contributed by atoms with van der Waals surface area (Å²) in [6.07, 6.45) is 5.86. The lowest BCUT2D eigenvalue weighted by atomic mass is 9.96. The lowest BCUT2D eigenvalue weighted by Crippen LogP contribution is -2.32. The van der Waals surface area contributed by atoms with E-state index in [9.17, 15) is 9.90 Å². The Labute approximate surface area is 121 Å².